The van der Waals surface area contributed by atoms with Crippen molar-refractivity contribution in [3.63, 3.8) is 0 Å². The Balaban J connectivity index is 1.66. The minimum Gasteiger partial charge on any atom is -0.457 e. The van der Waals surface area contributed by atoms with Gasteiger partial charge in [-0.25, -0.2) is 4.98 Å². The Kier molecular flexibility index (Phi) is 5.40. The molecule has 0 atom stereocenters. The van der Waals surface area contributed by atoms with Crippen molar-refractivity contribution < 1.29 is 4.74 Å². The zero-order chi connectivity index (χ0) is 18.6. The van der Waals surface area contributed by atoms with E-state index in [0.717, 1.165) is 32.0 Å². The van der Waals surface area contributed by atoms with E-state index in [-0.39, 0.29) is 0 Å². The van der Waals surface area contributed by atoms with Gasteiger partial charge < -0.3 is 4.74 Å². The molecule has 1 fully saturated rings. The van der Waals surface area contributed by atoms with Crippen LogP contribution in [0.2, 0.25) is 0 Å². The average molecular weight is 466 g/mol. The smallest absolute Gasteiger partial charge is 0.127 e. The lowest BCUT2D eigenvalue weighted by Crippen LogP contribution is -2.02. The zero-order valence-electron chi connectivity index (χ0n) is 14.9. The summed E-state index contributed by atoms with van der Waals surface area (Å²) in [6.45, 7) is 0. The molecule has 0 aliphatic heterocycles. The van der Waals surface area contributed by atoms with E-state index < -0.39 is 0 Å². The molecule has 4 rings (SSSR count). The molecule has 3 nitrogen and oxygen atoms in total. The van der Waals surface area contributed by atoms with Crippen molar-refractivity contribution in [2.24, 2.45) is 0 Å². The first-order valence-electron chi connectivity index (χ1n) is 9.18. The molecule has 1 saturated carbocycles. The average Bonchev–Trinajstić information content (AvgIpc) is 3.24. The molecule has 1 aromatic heterocycles. The van der Waals surface area contributed by atoms with Gasteiger partial charge in [-0.15, -0.1) is 0 Å². The second kappa shape index (κ2) is 8.10. The van der Waals surface area contributed by atoms with Gasteiger partial charge in [0.15, 0.2) is 0 Å². The molecule has 134 valence electrons. The SMILES string of the molecule is N#Cc1c(-c2ccc(Oc3ccccc3)cc2)cc(C2CCCC2)nc1I. The lowest BCUT2D eigenvalue weighted by atomic mass is 9.96. The summed E-state index contributed by atoms with van der Waals surface area (Å²) in [6, 6.07) is 22.1. The Morgan fingerprint density at radius 3 is 2.30 bits per heavy atom. The molecule has 1 aliphatic rings. The second-order valence-corrected chi connectivity index (χ2v) is 7.81. The highest BCUT2D eigenvalue weighted by molar-refractivity contribution is 14.1. The van der Waals surface area contributed by atoms with Crippen LogP contribution in [0.3, 0.4) is 0 Å². The molecule has 0 N–H and O–H groups in total. The summed E-state index contributed by atoms with van der Waals surface area (Å²) in [7, 11) is 0. The van der Waals surface area contributed by atoms with Crippen LogP contribution in [0.25, 0.3) is 11.1 Å². The van der Waals surface area contributed by atoms with E-state index in [9.17, 15) is 5.26 Å². The minimum atomic E-state index is 0.519. The minimum absolute atomic E-state index is 0.519. The second-order valence-electron chi connectivity index (χ2n) is 6.79. The molecule has 0 amide bonds. The third-order valence-corrected chi connectivity index (χ3v) is 5.81. The fraction of sp³-hybridized carbons (Fsp3) is 0.217. The van der Waals surface area contributed by atoms with Gasteiger partial charge in [0.1, 0.15) is 21.3 Å². The van der Waals surface area contributed by atoms with Gasteiger partial charge >= 0.3 is 0 Å². The topological polar surface area (TPSA) is 45.9 Å². The zero-order valence-corrected chi connectivity index (χ0v) is 17.0. The quantitative estimate of drug-likeness (QED) is 0.319. The van der Waals surface area contributed by atoms with Crippen molar-refractivity contribution in [2.75, 3.05) is 0 Å². The van der Waals surface area contributed by atoms with Crippen molar-refractivity contribution in [1.82, 2.24) is 4.98 Å². The molecule has 0 spiro atoms. The van der Waals surface area contributed by atoms with E-state index in [2.05, 4.69) is 34.7 Å². The molecular formula is C23H19IN2O. The summed E-state index contributed by atoms with van der Waals surface area (Å²) in [5.74, 6) is 2.11. The number of rotatable bonds is 4. The van der Waals surface area contributed by atoms with Crippen LogP contribution < -0.4 is 4.74 Å². The summed E-state index contributed by atoms with van der Waals surface area (Å²) in [5.41, 5.74) is 3.75. The molecule has 0 saturated heterocycles. The summed E-state index contributed by atoms with van der Waals surface area (Å²) in [6.07, 6.45) is 4.92. The maximum atomic E-state index is 9.65. The first-order chi connectivity index (χ1) is 13.2. The van der Waals surface area contributed by atoms with E-state index in [4.69, 9.17) is 9.72 Å². The highest BCUT2D eigenvalue weighted by Gasteiger charge is 2.21. The number of hydrogen-bond acceptors (Lipinski definition) is 3. The van der Waals surface area contributed by atoms with E-state index >= 15 is 0 Å². The van der Waals surface area contributed by atoms with E-state index in [1.807, 2.05) is 54.6 Å². The first kappa shape index (κ1) is 18.0. The highest BCUT2D eigenvalue weighted by atomic mass is 127. The van der Waals surface area contributed by atoms with E-state index in [1.165, 1.54) is 25.7 Å². The molecule has 1 aliphatic carbocycles. The number of nitriles is 1. The normalized spacial score (nSPS) is 14.1. The van der Waals surface area contributed by atoms with Crippen LogP contribution in [0.4, 0.5) is 0 Å². The molecule has 0 radical (unpaired) electrons. The number of para-hydroxylation sites is 1. The molecule has 3 aromatic rings. The number of pyridine rings is 1. The van der Waals surface area contributed by atoms with Gasteiger partial charge in [0.25, 0.3) is 0 Å². The van der Waals surface area contributed by atoms with Crippen LogP contribution in [0.5, 0.6) is 11.5 Å². The Labute approximate surface area is 173 Å². The summed E-state index contributed by atoms with van der Waals surface area (Å²) >= 11 is 2.19. The highest BCUT2D eigenvalue weighted by Crippen LogP contribution is 2.37. The molecule has 27 heavy (non-hydrogen) atoms. The van der Waals surface area contributed by atoms with Crippen LogP contribution in [-0.4, -0.2) is 4.98 Å². The predicted octanol–water partition coefficient (Wildman–Crippen LogP) is 6.67. The van der Waals surface area contributed by atoms with Gasteiger partial charge in [-0.3, -0.25) is 0 Å². The van der Waals surface area contributed by atoms with Gasteiger partial charge in [-0.1, -0.05) is 43.2 Å². The molecule has 1 heterocycles. The third kappa shape index (κ3) is 3.98. The number of aromatic nitrogens is 1. The number of hydrogen-bond donors (Lipinski definition) is 0. The van der Waals surface area contributed by atoms with Crippen molar-refractivity contribution in [3.8, 4) is 28.7 Å². The Bertz CT molecular complexity index is 972. The number of nitrogens with zero attached hydrogens (tertiary/aromatic N) is 2. The lowest BCUT2D eigenvalue weighted by Gasteiger charge is -2.14. The summed E-state index contributed by atoms with van der Waals surface area (Å²) in [5, 5.41) is 9.65. The number of halogens is 1. The molecule has 0 unspecified atom stereocenters. The molecule has 4 heteroatoms. The summed E-state index contributed by atoms with van der Waals surface area (Å²) < 4.78 is 6.67. The Morgan fingerprint density at radius 2 is 1.63 bits per heavy atom. The standard InChI is InChI=1S/C23H19IN2O/c24-23-21(15-25)20(14-22(26-23)17-6-4-5-7-17)16-10-12-19(13-11-16)27-18-8-2-1-3-9-18/h1-3,8-14,17H,4-7H2. The Hall–Kier alpha value is -2.39. The lowest BCUT2D eigenvalue weighted by molar-refractivity contribution is 0.483. The van der Waals surface area contributed by atoms with Crippen LogP contribution in [-0.2, 0) is 0 Å². The van der Waals surface area contributed by atoms with Gasteiger partial charge in [0.2, 0.25) is 0 Å². The largest absolute Gasteiger partial charge is 0.457 e. The predicted molar refractivity (Wildman–Crippen MR) is 115 cm³/mol. The van der Waals surface area contributed by atoms with Crippen LogP contribution in [0, 0.1) is 15.0 Å². The van der Waals surface area contributed by atoms with Crippen molar-refractivity contribution in [3.05, 3.63) is 75.6 Å². The van der Waals surface area contributed by atoms with Crippen molar-refractivity contribution in [2.45, 2.75) is 31.6 Å². The van der Waals surface area contributed by atoms with Gasteiger partial charge in [0, 0.05) is 17.2 Å². The fourth-order valence-electron chi connectivity index (χ4n) is 3.62. The third-order valence-electron chi connectivity index (χ3n) is 5.02. The number of ether oxygens (including phenoxy) is 1. The van der Waals surface area contributed by atoms with Crippen molar-refractivity contribution >= 4 is 22.6 Å². The van der Waals surface area contributed by atoms with Gasteiger partial charge in [-0.05, 0) is 71.3 Å². The summed E-state index contributed by atoms with van der Waals surface area (Å²) in [4.78, 5) is 4.73. The maximum Gasteiger partial charge on any atom is 0.127 e. The molecule has 0 bridgehead atoms. The molecular weight excluding hydrogens is 447 g/mol. The van der Waals surface area contributed by atoms with E-state index in [1.54, 1.807) is 0 Å². The monoisotopic (exact) mass is 466 g/mol. The van der Waals surface area contributed by atoms with Crippen LogP contribution >= 0.6 is 22.6 Å². The molecule has 2 aromatic carbocycles. The van der Waals surface area contributed by atoms with E-state index in [0.29, 0.717) is 11.5 Å². The van der Waals surface area contributed by atoms with Gasteiger partial charge in [-0.2, -0.15) is 5.26 Å². The van der Waals surface area contributed by atoms with Crippen molar-refractivity contribution in [1.29, 1.82) is 5.26 Å². The number of benzene rings is 2. The van der Waals surface area contributed by atoms with Crippen LogP contribution in [0.1, 0.15) is 42.9 Å². The van der Waals surface area contributed by atoms with Gasteiger partial charge in [0.05, 0.1) is 5.56 Å². The fourth-order valence-corrected chi connectivity index (χ4v) is 4.31. The maximum absolute atomic E-state index is 9.65. The Morgan fingerprint density at radius 1 is 0.963 bits per heavy atom. The first-order valence-corrected chi connectivity index (χ1v) is 10.3. The van der Waals surface area contributed by atoms with Crippen LogP contribution in [0.15, 0.2) is 60.7 Å².